The highest BCUT2D eigenvalue weighted by molar-refractivity contribution is 6.28. The van der Waals surface area contributed by atoms with Gasteiger partial charge >= 0.3 is 0 Å². The molecule has 9 rings (SSSR count). The van der Waals surface area contributed by atoms with Crippen LogP contribution in [-0.4, -0.2) is 9.13 Å². The summed E-state index contributed by atoms with van der Waals surface area (Å²) < 4.78 is 11.6. The van der Waals surface area contributed by atoms with Gasteiger partial charge in [-0.1, -0.05) is 72.8 Å². The number of rotatable bonds is 2. The predicted octanol–water partition coefficient (Wildman–Crippen LogP) is 9.78. The van der Waals surface area contributed by atoms with Crippen molar-refractivity contribution in [1.82, 2.24) is 9.13 Å². The number of fused-ring (bicyclic) bond motifs is 11. The van der Waals surface area contributed by atoms with E-state index in [-0.39, 0.29) is 0 Å². The minimum atomic E-state index is 0.942. The molecule has 0 bridgehead atoms. The maximum atomic E-state index is 6.97. The highest BCUT2D eigenvalue weighted by Gasteiger charge is 2.22. The molecule has 0 aliphatic carbocycles. The van der Waals surface area contributed by atoms with E-state index in [1.807, 2.05) is 0 Å². The van der Waals surface area contributed by atoms with E-state index in [2.05, 4.69) is 143 Å². The Morgan fingerprint density at radius 3 is 1.21 bits per heavy atom. The molecule has 3 aromatic heterocycles. The number of benzene rings is 6. The van der Waals surface area contributed by atoms with Crippen LogP contribution in [-0.2, 0) is 0 Å². The fourth-order valence-corrected chi connectivity index (χ4v) is 6.51. The average Bonchev–Trinajstić information content (AvgIpc) is 3.65. The van der Waals surface area contributed by atoms with E-state index < -0.39 is 0 Å². The molecule has 3 heteroatoms. The molecule has 0 spiro atoms. The number of para-hydroxylation sites is 4. The molecule has 0 atom stereocenters. The van der Waals surface area contributed by atoms with Crippen molar-refractivity contribution in [1.29, 1.82) is 0 Å². The summed E-state index contributed by atoms with van der Waals surface area (Å²) >= 11 is 0. The third-order valence-electron chi connectivity index (χ3n) is 8.10. The molecule has 0 unspecified atom stereocenters. The van der Waals surface area contributed by atoms with Crippen molar-refractivity contribution in [2.45, 2.75) is 0 Å². The zero-order chi connectivity index (χ0) is 25.5. The lowest BCUT2D eigenvalue weighted by Gasteiger charge is -2.07. The molecule has 3 heterocycles. The first kappa shape index (κ1) is 20.7. The third kappa shape index (κ3) is 2.71. The molecule has 0 saturated heterocycles. The van der Waals surface area contributed by atoms with Crippen LogP contribution in [0.4, 0.5) is 0 Å². The molecule has 0 fully saturated rings. The van der Waals surface area contributed by atoms with Crippen molar-refractivity contribution in [3.63, 3.8) is 0 Å². The third-order valence-corrected chi connectivity index (χ3v) is 8.10. The summed E-state index contributed by atoms with van der Waals surface area (Å²) in [4.78, 5) is 0. The lowest BCUT2D eigenvalue weighted by Crippen LogP contribution is -1.92. The van der Waals surface area contributed by atoms with Crippen LogP contribution in [0.15, 0.2) is 138 Å². The maximum absolute atomic E-state index is 6.97. The average molecular weight is 499 g/mol. The van der Waals surface area contributed by atoms with Gasteiger partial charge < -0.3 is 13.6 Å². The van der Waals surface area contributed by atoms with Crippen LogP contribution in [0.5, 0.6) is 0 Å². The van der Waals surface area contributed by atoms with Gasteiger partial charge in [0.2, 0.25) is 0 Å². The van der Waals surface area contributed by atoms with Gasteiger partial charge in [-0.2, -0.15) is 0 Å². The quantitative estimate of drug-likeness (QED) is 0.233. The van der Waals surface area contributed by atoms with Crippen LogP contribution in [0, 0.1) is 0 Å². The SMILES string of the molecule is c1ccc(-n2c3ccccc3c3c4oc5c(ccc6c5c5ccccc5n6-c5ccccc5)c4ccc32)cc1. The molecule has 0 radical (unpaired) electrons. The van der Waals surface area contributed by atoms with Gasteiger partial charge in [-0.15, -0.1) is 0 Å². The Hall–Kier alpha value is -5.28. The van der Waals surface area contributed by atoms with Gasteiger partial charge in [0.15, 0.2) is 0 Å². The van der Waals surface area contributed by atoms with Gasteiger partial charge in [0.05, 0.1) is 32.8 Å². The summed E-state index contributed by atoms with van der Waals surface area (Å²) in [6.07, 6.45) is 0. The summed E-state index contributed by atoms with van der Waals surface area (Å²) in [7, 11) is 0. The number of hydrogen-bond acceptors (Lipinski definition) is 1. The fraction of sp³-hybridized carbons (Fsp3) is 0. The van der Waals surface area contributed by atoms with Crippen LogP contribution in [0.1, 0.15) is 0 Å². The first-order chi connectivity index (χ1) is 19.4. The summed E-state index contributed by atoms with van der Waals surface area (Å²) in [5.41, 5.74) is 8.83. The van der Waals surface area contributed by atoms with Crippen LogP contribution in [0.2, 0.25) is 0 Å². The van der Waals surface area contributed by atoms with E-state index in [9.17, 15) is 0 Å². The van der Waals surface area contributed by atoms with Crippen LogP contribution in [0.25, 0.3) is 76.9 Å². The first-order valence-corrected chi connectivity index (χ1v) is 13.3. The summed E-state index contributed by atoms with van der Waals surface area (Å²) in [5.74, 6) is 0. The molecule has 9 aromatic rings. The lowest BCUT2D eigenvalue weighted by atomic mass is 10.1. The van der Waals surface area contributed by atoms with Gasteiger partial charge in [0, 0.05) is 32.9 Å². The van der Waals surface area contributed by atoms with Crippen molar-refractivity contribution < 1.29 is 4.42 Å². The van der Waals surface area contributed by atoms with Crippen molar-refractivity contribution >= 4 is 65.6 Å². The van der Waals surface area contributed by atoms with Crippen LogP contribution in [0.3, 0.4) is 0 Å². The topological polar surface area (TPSA) is 23.0 Å². The normalized spacial score (nSPS) is 12.1. The van der Waals surface area contributed by atoms with Crippen LogP contribution >= 0.6 is 0 Å². The van der Waals surface area contributed by atoms with E-state index in [0.717, 1.165) is 55.1 Å². The number of aromatic nitrogens is 2. The Bertz CT molecular complexity index is 2200. The summed E-state index contributed by atoms with van der Waals surface area (Å²) in [6, 6.07) is 47.4. The highest BCUT2D eigenvalue weighted by atomic mass is 16.3. The van der Waals surface area contributed by atoms with Crippen molar-refractivity contribution in [3.05, 3.63) is 133 Å². The van der Waals surface area contributed by atoms with Gasteiger partial charge in [-0.25, -0.2) is 0 Å². The molecule has 3 nitrogen and oxygen atoms in total. The smallest absolute Gasteiger partial charge is 0.145 e. The summed E-state index contributed by atoms with van der Waals surface area (Å²) in [5, 5.41) is 7.00. The molecule has 0 saturated carbocycles. The Labute approximate surface area is 223 Å². The number of nitrogens with zero attached hydrogens (tertiary/aromatic N) is 2. The molecular weight excluding hydrogens is 476 g/mol. The minimum absolute atomic E-state index is 0.942. The molecular formula is C36H22N2O. The Balaban J connectivity index is 1.47. The van der Waals surface area contributed by atoms with E-state index in [1.165, 1.54) is 21.8 Å². The first-order valence-electron chi connectivity index (χ1n) is 13.3. The van der Waals surface area contributed by atoms with E-state index in [4.69, 9.17) is 4.42 Å². The van der Waals surface area contributed by atoms with Gasteiger partial charge in [0.1, 0.15) is 11.2 Å². The van der Waals surface area contributed by atoms with Crippen molar-refractivity contribution in [2.24, 2.45) is 0 Å². The second kappa shape index (κ2) is 7.62. The van der Waals surface area contributed by atoms with Crippen LogP contribution < -0.4 is 0 Å². The second-order valence-corrected chi connectivity index (χ2v) is 10.2. The largest absolute Gasteiger partial charge is 0.455 e. The number of hydrogen-bond donors (Lipinski definition) is 0. The fourth-order valence-electron chi connectivity index (χ4n) is 6.51. The highest BCUT2D eigenvalue weighted by Crippen LogP contribution is 2.44. The predicted molar refractivity (Wildman–Crippen MR) is 162 cm³/mol. The molecule has 0 amide bonds. The van der Waals surface area contributed by atoms with Gasteiger partial charge in [-0.3, -0.25) is 0 Å². The Kier molecular flexibility index (Phi) is 4.05. The molecule has 182 valence electrons. The standard InChI is InChI=1S/C36H22N2O/c1-3-11-23(12-4-1)37-29-17-9-7-15-27(29)33-31(37)21-19-25-26-20-22-32-34(36(26)39-35(25)33)28-16-8-10-18-30(28)38(32)24-13-5-2-6-14-24/h1-22H. The molecule has 39 heavy (non-hydrogen) atoms. The van der Waals surface area contributed by atoms with E-state index >= 15 is 0 Å². The van der Waals surface area contributed by atoms with Gasteiger partial charge in [-0.05, 0) is 60.7 Å². The lowest BCUT2D eigenvalue weighted by molar-refractivity contribution is 0.677. The molecule has 0 aliphatic rings. The van der Waals surface area contributed by atoms with E-state index in [0.29, 0.717) is 0 Å². The summed E-state index contributed by atoms with van der Waals surface area (Å²) in [6.45, 7) is 0. The minimum Gasteiger partial charge on any atom is -0.455 e. The molecule has 6 aromatic carbocycles. The maximum Gasteiger partial charge on any atom is 0.145 e. The van der Waals surface area contributed by atoms with Crippen molar-refractivity contribution in [3.8, 4) is 11.4 Å². The monoisotopic (exact) mass is 498 g/mol. The molecule has 0 aliphatic heterocycles. The Morgan fingerprint density at radius 2 is 0.744 bits per heavy atom. The Morgan fingerprint density at radius 1 is 0.333 bits per heavy atom. The second-order valence-electron chi connectivity index (χ2n) is 10.2. The number of furan rings is 1. The zero-order valence-electron chi connectivity index (χ0n) is 21.0. The molecule has 0 N–H and O–H groups in total. The zero-order valence-corrected chi connectivity index (χ0v) is 21.0. The van der Waals surface area contributed by atoms with Gasteiger partial charge in [0.25, 0.3) is 0 Å². The van der Waals surface area contributed by atoms with E-state index in [1.54, 1.807) is 0 Å². The van der Waals surface area contributed by atoms with Crippen molar-refractivity contribution in [2.75, 3.05) is 0 Å².